The van der Waals surface area contributed by atoms with Crippen molar-refractivity contribution in [3.63, 3.8) is 0 Å². The number of likely N-dealkylation sites (tertiary alicyclic amines) is 1. The fraction of sp³-hybridized carbons (Fsp3) is 0.350. The van der Waals surface area contributed by atoms with E-state index in [1.165, 1.54) is 23.1 Å². The normalized spacial score (nSPS) is 22.4. The summed E-state index contributed by atoms with van der Waals surface area (Å²) in [6.07, 6.45) is -0.0823. The molecule has 0 radical (unpaired) electrons. The van der Waals surface area contributed by atoms with Crippen LogP contribution in [0.3, 0.4) is 0 Å². The Bertz CT molecular complexity index is 997. The van der Waals surface area contributed by atoms with Gasteiger partial charge in [-0.25, -0.2) is 9.38 Å². The molecule has 29 heavy (non-hydrogen) atoms. The smallest absolute Gasteiger partial charge is 0.258 e. The number of halogens is 2. The minimum atomic E-state index is -0.462. The molecule has 4 rings (SSSR count). The van der Waals surface area contributed by atoms with Crippen molar-refractivity contribution in [2.45, 2.75) is 20.0 Å². The third kappa shape index (κ3) is 3.77. The monoisotopic (exact) mass is 417 g/mol. The lowest BCUT2D eigenvalue weighted by atomic mass is 10.1. The van der Waals surface area contributed by atoms with Crippen LogP contribution in [0.15, 0.2) is 45.3 Å². The zero-order valence-electron chi connectivity index (χ0n) is 16.1. The van der Waals surface area contributed by atoms with Crippen LogP contribution >= 0.6 is 11.6 Å². The van der Waals surface area contributed by atoms with Crippen molar-refractivity contribution in [1.82, 2.24) is 15.5 Å². The number of benzene rings is 1. The zero-order valence-corrected chi connectivity index (χ0v) is 16.9. The Morgan fingerprint density at radius 1 is 1.34 bits per heavy atom. The van der Waals surface area contributed by atoms with Gasteiger partial charge >= 0.3 is 0 Å². The Hall–Kier alpha value is -2.71. The Labute approximate surface area is 172 Å². The Morgan fingerprint density at radius 2 is 2.10 bits per heavy atom. The number of rotatable bonds is 3. The maximum absolute atomic E-state index is 13.7. The highest BCUT2D eigenvalue weighted by Crippen LogP contribution is 2.27. The van der Waals surface area contributed by atoms with E-state index in [4.69, 9.17) is 21.7 Å². The molecule has 0 saturated carbocycles. The van der Waals surface area contributed by atoms with Gasteiger partial charge in [0.25, 0.3) is 5.91 Å². The number of carbonyl (C=O) groups is 1. The number of hydrogen-bond donors (Lipinski definition) is 3. The van der Waals surface area contributed by atoms with E-state index in [-0.39, 0.29) is 36.4 Å². The minimum Gasteiger partial charge on any atom is -0.487 e. The first kappa shape index (κ1) is 19.6. The molecule has 7 nitrogen and oxygen atoms in total. The maximum atomic E-state index is 13.7. The SMILES string of the molecule is CC1=N/C(=C2\CN(C(=O)c3ccc(F)cc3OC3CNC3)CC2=N)NC(C)=C1Cl. The number of carbonyl (C=O) groups excluding carboxylic acids is 1. The fourth-order valence-electron chi connectivity index (χ4n) is 3.35. The van der Waals surface area contributed by atoms with Gasteiger partial charge in [-0.2, -0.15) is 0 Å². The van der Waals surface area contributed by atoms with Crippen LogP contribution < -0.4 is 15.4 Å². The topological polar surface area (TPSA) is 89.8 Å². The number of amides is 1. The highest BCUT2D eigenvalue weighted by molar-refractivity contribution is 6.43. The summed E-state index contributed by atoms with van der Waals surface area (Å²) in [5.74, 6) is -0.0178. The summed E-state index contributed by atoms with van der Waals surface area (Å²) < 4.78 is 19.5. The van der Waals surface area contributed by atoms with E-state index in [1.807, 2.05) is 6.92 Å². The summed E-state index contributed by atoms with van der Waals surface area (Å²) >= 11 is 6.17. The van der Waals surface area contributed by atoms with Crippen LogP contribution in [0.4, 0.5) is 4.39 Å². The first-order chi connectivity index (χ1) is 13.8. The van der Waals surface area contributed by atoms with Gasteiger partial charge in [-0.3, -0.25) is 4.79 Å². The molecule has 0 bridgehead atoms. The second-order valence-electron chi connectivity index (χ2n) is 7.27. The maximum Gasteiger partial charge on any atom is 0.258 e. The molecular weight excluding hydrogens is 397 g/mol. The van der Waals surface area contributed by atoms with Crippen molar-refractivity contribution in [2.75, 3.05) is 26.2 Å². The quantitative estimate of drug-likeness (QED) is 0.704. The van der Waals surface area contributed by atoms with Gasteiger partial charge in [0.05, 0.1) is 35.1 Å². The van der Waals surface area contributed by atoms with Crippen molar-refractivity contribution in [1.29, 1.82) is 5.41 Å². The molecule has 3 heterocycles. The molecule has 0 aromatic heterocycles. The van der Waals surface area contributed by atoms with Gasteiger partial charge in [-0.15, -0.1) is 0 Å². The third-order valence-electron chi connectivity index (χ3n) is 5.08. The fourth-order valence-corrected chi connectivity index (χ4v) is 3.44. The molecule has 1 aromatic carbocycles. The second kappa shape index (κ2) is 7.61. The van der Waals surface area contributed by atoms with Gasteiger partial charge in [0.15, 0.2) is 0 Å². The lowest BCUT2D eigenvalue weighted by Crippen LogP contribution is -2.50. The van der Waals surface area contributed by atoms with E-state index < -0.39 is 5.82 Å². The van der Waals surface area contributed by atoms with Crippen molar-refractivity contribution in [2.24, 2.45) is 4.99 Å². The van der Waals surface area contributed by atoms with Crippen LogP contribution in [-0.4, -0.2) is 54.5 Å². The molecule has 1 aromatic rings. The van der Waals surface area contributed by atoms with Gasteiger partial charge in [-0.1, -0.05) is 11.6 Å². The molecule has 3 aliphatic heterocycles. The highest BCUT2D eigenvalue weighted by atomic mass is 35.5. The first-order valence-corrected chi connectivity index (χ1v) is 9.67. The van der Waals surface area contributed by atoms with E-state index in [9.17, 15) is 9.18 Å². The highest BCUT2D eigenvalue weighted by Gasteiger charge is 2.32. The molecule has 2 saturated heterocycles. The van der Waals surface area contributed by atoms with E-state index in [2.05, 4.69) is 15.6 Å². The lowest BCUT2D eigenvalue weighted by Gasteiger charge is -2.29. The van der Waals surface area contributed by atoms with Crippen molar-refractivity contribution in [3.05, 3.63) is 51.7 Å². The van der Waals surface area contributed by atoms with Gasteiger partial charge < -0.3 is 25.7 Å². The van der Waals surface area contributed by atoms with Crippen LogP contribution in [0.5, 0.6) is 5.75 Å². The van der Waals surface area contributed by atoms with Gasteiger partial charge in [0, 0.05) is 30.4 Å². The molecule has 9 heteroatoms. The van der Waals surface area contributed by atoms with E-state index in [0.29, 0.717) is 40.9 Å². The molecule has 0 unspecified atom stereocenters. The third-order valence-corrected chi connectivity index (χ3v) is 5.64. The summed E-state index contributed by atoms with van der Waals surface area (Å²) in [5.41, 5.74) is 2.63. The van der Waals surface area contributed by atoms with E-state index in [1.54, 1.807) is 6.92 Å². The summed E-state index contributed by atoms with van der Waals surface area (Å²) in [7, 11) is 0. The predicted molar refractivity (Wildman–Crippen MR) is 109 cm³/mol. The van der Waals surface area contributed by atoms with Gasteiger partial charge in [-0.05, 0) is 26.0 Å². The van der Waals surface area contributed by atoms with E-state index in [0.717, 1.165) is 5.70 Å². The largest absolute Gasteiger partial charge is 0.487 e. The molecule has 1 amide bonds. The van der Waals surface area contributed by atoms with Crippen molar-refractivity contribution in [3.8, 4) is 5.75 Å². The molecule has 3 aliphatic rings. The molecule has 0 atom stereocenters. The predicted octanol–water partition coefficient (Wildman–Crippen LogP) is 2.40. The van der Waals surface area contributed by atoms with Gasteiger partial charge in [0.2, 0.25) is 0 Å². The van der Waals surface area contributed by atoms with Crippen LogP contribution in [0, 0.1) is 11.2 Å². The number of ether oxygens (including phenoxy) is 1. The first-order valence-electron chi connectivity index (χ1n) is 9.29. The van der Waals surface area contributed by atoms with Crippen LogP contribution in [0.1, 0.15) is 24.2 Å². The Morgan fingerprint density at radius 3 is 2.76 bits per heavy atom. The van der Waals surface area contributed by atoms with Crippen LogP contribution in [0.2, 0.25) is 0 Å². The summed E-state index contributed by atoms with van der Waals surface area (Å²) in [6, 6.07) is 3.91. The average molecular weight is 418 g/mol. The average Bonchev–Trinajstić information content (AvgIpc) is 3.03. The summed E-state index contributed by atoms with van der Waals surface area (Å²) in [4.78, 5) is 19.1. The molecule has 2 fully saturated rings. The minimum absolute atomic E-state index is 0.0823. The van der Waals surface area contributed by atoms with Crippen LogP contribution in [0.25, 0.3) is 0 Å². The zero-order chi connectivity index (χ0) is 20.7. The Kier molecular flexibility index (Phi) is 5.14. The molecule has 152 valence electrons. The number of aliphatic imine (C=N–C) groups is 1. The lowest BCUT2D eigenvalue weighted by molar-refractivity contribution is 0.0790. The Balaban J connectivity index is 1.59. The molecule has 0 spiro atoms. The summed E-state index contributed by atoms with van der Waals surface area (Å²) in [6.45, 7) is 5.32. The second-order valence-corrected chi connectivity index (χ2v) is 7.64. The van der Waals surface area contributed by atoms with Crippen molar-refractivity contribution < 1.29 is 13.9 Å². The number of nitrogens with zero attached hydrogens (tertiary/aromatic N) is 2. The van der Waals surface area contributed by atoms with E-state index >= 15 is 0 Å². The van der Waals surface area contributed by atoms with Crippen LogP contribution in [-0.2, 0) is 0 Å². The standard InChI is InChI=1S/C20H21ClFN5O2/c1-10-18(21)11(2)26-19(25-10)15-8-27(9-16(15)23)20(28)14-4-3-12(22)5-17(14)29-13-6-24-7-13/h3-5,13,23-25H,6-9H2,1-2H3/b19-15+,23-16?. The van der Waals surface area contributed by atoms with Crippen molar-refractivity contribution >= 4 is 28.9 Å². The number of hydrogen-bond acceptors (Lipinski definition) is 6. The molecule has 3 N–H and O–H groups in total. The molecular formula is C20H21ClFN5O2. The van der Waals surface area contributed by atoms with Gasteiger partial charge in [0.1, 0.15) is 23.5 Å². The number of allylic oxidation sites excluding steroid dienone is 2. The summed E-state index contributed by atoms with van der Waals surface area (Å²) in [5, 5.41) is 15.1. The molecule has 0 aliphatic carbocycles. The number of nitrogens with one attached hydrogen (secondary N) is 3.